The normalized spacial score (nSPS) is 13.0. The van der Waals surface area contributed by atoms with Gasteiger partial charge < -0.3 is 15.4 Å². The molecular weight excluding hydrogens is 429 g/mol. The molecule has 0 aromatic heterocycles. The van der Waals surface area contributed by atoms with E-state index in [2.05, 4.69) is 15.6 Å². The van der Waals surface area contributed by atoms with Gasteiger partial charge in [0.25, 0.3) is 0 Å². The molecule has 2 N–H and O–H groups in total. The lowest BCUT2D eigenvalue weighted by Gasteiger charge is -2.18. The van der Waals surface area contributed by atoms with Crippen molar-refractivity contribution in [3.05, 3.63) is 29.8 Å². The van der Waals surface area contributed by atoms with E-state index >= 15 is 0 Å². The number of guanidine groups is 1. The molecular formula is C15H26IN3O3S. The van der Waals surface area contributed by atoms with E-state index in [0.29, 0.717) is 18.9 Å². The molecule has 0 saturated carbocycles. The minimum absolute atomic E-state index is 0. The summed E-state index contributed by atoms with van der Waals surface area (Å²) < 4.78 is 27.7. The zero-order valence-electron chi connectivity index (χ0n) is 14.0. The number of nitrogens with one attached hydrogen (secondary N) is 2. The number of hydrogen-bond acceptors (Lipinski definition) is 4. The second-order valence-electron chi connectivity index (χ2n) is 5.20. The van der Waals surface area contributed by atoms with Gasteiger partial charge in [-0.25, -0.2) is 8.42 Å². The lowest BCUT2D eigenvalue weighted by atomic mass is 10.2. The van der Waals surface area contributed by atoms with Crippen molar-refractivity contribution in [2.75, 3.05) is 26.2 Å². The summed E-state index contributed by atoms with van der Waals surface area (Å²) in [4.78, 5) is 4.15. The van der Waals surface area contributed by atoms with Crippen LogP contribution in [-0.2, 0) is 16.4 Å². The van der Waals surface area contributed by atoms with Gasteiger partial charge in [0.05, 0.1) is 12.9 Å². The van der Waals surface area contributed by atoms with Gasteiger partial charge in [-0.2, -0.15) is 0 Å². The van der Waals surface area contributed by atoms with E-state index in [9.17, 15) is 8.42 Å². The smallest absolute Gasteiger partial charge is 0.191 e. The van der Waals surface area contributed by atoms with Crippen molar-refractivity contribution in [1.82, 2.24) is 10.6 Å². The number of ether oxygens (including phenoxy) is 1. The van der Waals surface area contributed by atoms with Crippen LogP contribution in [0.5, 0.6) is 5.75 Å². The van der Waals surface area contributed by atoms with Crippen molar-refractivity contribution in [2.24, 2.45) is 4.99 Å². The number of para-hydroxylation sites is 1. The lowest BCUT2D eigenvalue weighted by molar-refractivity contribution is 0.409. The number of benzene rings is 1. The molecule has 0 heterocycles. The predicted molar refractivity (Wildman–Crippen MR) is 106 cm³/mol. The number of rotatable bonds is 7. The molecule has 0 radical (unpaired) electrons. The van der Waals surface area contributed by atoms with Crippen molar-refractivity contribution < 1.29 is 13.2 Å². The maximum absolute atomic E-state index is 11.2. The number of halogens is 1. The molecule has 1 aromatic carbocycles. The van der Waals surface area contributed by atoms with Crippen molar-refractivity contribution >= 4 is 39.8 Å². The molecule has 8 heteroatoms. The first kappa shape index (κ1) is 22.0. The standard InChI is InChI=1S/C15H25N3O3S.HI/c1-12(9-10-22(4,19)20)18-15(16-2)17-11-13-7-5-6-8-14(13)21-3;/h5-8,12H,9-11H2,1-4H3,(H2,16,17,18);1H. The van der Waals surface area contributed by atoms with Gasteiger partial charge in [0.2, 0.25) is 0 Å². The molecule has 132 valence electrons. The number of methoxy groups -OCH3 is 1. The third-order valence-electron chi connectivity index (χ3n) is 3.17. The summed E-state index contributed by atoms with van der Waals surface area (Å²) in [6, 6.07) is 7.76. The van der Waals surface area contributed by atoms with Gasteiger partial charge in [0.15, 0.2) is 5.96 Å². The molecule has 0 fully saturated rings. The van der Waals surface area contributed by atoms with Gasteiger partial charge >= 0.3 is 0 Å². The van der Waals surface area contributed by atoms with E-state index in [1.165, 1.54) is 6.26 Å². The van der Waals surface area contributed by atoms with Crippen LogP contribution in [0.4, 0.5) is 0 Å². The highest BCUT2D eigenvalue weighted by atomic mass is 127. The molecule has 1 aromatic rings. The third kappa shape index (κ3) is 8.99. The number of nitrogens with zero attached hydrogens (tertiary/aromatic N) is 1. The maximum Gasteiger partial charge on any atom is 0.191 e. The summed E-state index contributed by atoms with van der Waals surface area (Å²) >= 11 is 0. The van der Waals surface area contributed by atoms with Crippen LogP contribution in [-0.4, -0.2) is 46.6 Å². The molecule has 0 bridgehead atoms. The van der Waals surface area contributed by atoms with Crippen LogP contribution in [0.1, 0.15) is 18.9 Å². The Balaban J connectivity index is 0.00000484. The van der Waals surface area contributed by atoms with Crippen LogP contribution in [0.15, 0.2) is 29.3 Å². The summed E-state index contributed by atoms with van der Waals surface area (Å²) in [6.07, 6.45) is 1.78. The van der Waals surface area contributed by atoms with Crippen molar-refractivity contribution in [3.8, 4) is 5.75 Å². The lowest BCUT2D eigenvalue weighted by Crippen LogP contribution is -2.42. The number of aliphatic imine (C=N–C) groups is 1. The van der Waals surface area contributed by atoms with E-state index < -0.39 is 9.84 Å². The highest BCUT2D eigenvalue weighted by Crippen LogP contribution is 2.16. The van der Waals surface area contributed by atoms with Crippen LogP contribution in [0.25, 0.3) is 0 Å². The molecule has 23 heavy (non-hydrogen) atoms. The van der Waals surface area contributed by atoms with Crippen LogP contribution < -0.4 is 15.4 Å². The topological polar surface area (TPSA) is 79.8 Å². The first-order valence-electron chi connectivity index (χ1n) is 7.12. The quantitative estimate of drug-likeness (QED) is 0.373. The summed E-state index contributed by atoms with van der Waals surface area (Å²) in [7, 11) is 0.377. The average molecular weight is 455 g/mol. The summed E-state index contributed by atoms with van der Waals surface area (Å²) in [6.45, 7) is 2.50. The average Bonchev–Trinajstić information content (AvgIpc) is 2.49. The zero-order valence-corrected chi connectivity index (χ0v) is 17.1. The Kier molecular flexibility index (Phi) is 10.2. The Morgan fingerprint density at radius 3 is 2.57 bits per heavy atom. The predicted octanol–water partition coefficient (Wildman–Crippen LogP) is 1.80. The summed E-state index contributed by atoms with van der Waals surface area (Å²) in [5, 5.41) is 6.38. The molecule has 1 rings (SSSR count). The minimum atomic E-state index is -2.94. The van der Waals surface area contributed by atoms with Crippen LogP contribution in [0.2, 0.25) is 0 Å². The van der Waals surface area contributed by atoms with Gasteiger partial charge in [-0.3, -0.25) is 4.99 Å². The minimum Gasteiger partial charge on any atom is -0.496 e. The van der Waals surface area contributed by atoms with Gasteiger partial charge in [-0.1, -0.05) is 18.2 Å². The van der Waals surface area contributed by atoms with E-state index in [1.807, 2.05) is 31.2 Å². The first-order chi connectivity index (χ1) is 10.4. The fourth-order valence-electron chi connectivity index (χ4n) is 1.92. The van der Waals surface area contributed by atoms with Gasteiger partial charge in [0.1, 0.15) is 15.6 Å². The summed E-state index contributed by atoms with van der Waals surface area (Å²) in [5.74, 6) is 1.60. The van der Waals surface area contributed by atoms with Crippen molar-refractivity contribution in [3.63, 3.8) is 0 Å². The molecule has 0 aliphatic carbocycles. The van der Waals surface area contributed by atoms with Gasteiger partial charge in [-0.15, -0.1) is 24.0 Å². The monoisotopic (exact) mass is 455 g/mol. The van der Waals surface area contributed by atoms with Crippen LogP contribution in [0.3, 0.4) is 0 Å². The van der Waals surface area contributed by atoms with E-state index in [1.54, 1.807) is 14.2 Å². The van der Waals surface area contributed by atoms with Crippen molar-refractivity contribution in [2.45, 2.75) is 25.9 Å². The SMILES string of the molecule is CN=C(NCc1ccccc1OC)NC(C)CCS(C)(=O)=O.I. The Bertz CT molecular complexity index is 606. The summed E-state index contributed by atoms with van der Waals surface area (Å²) in [5.41, 5.74) is 1.02. The number of hydrogen-bond donors (Lipinski definition) is 2. The molecule has 1 atom stereocenters. The van der Waals surface area contributed by atoms with E-state index in [-0.39, 0.29) is 35.8 Å². The zero-order chi connectivity index (χ0) is 16.6. The highest BCUT2D eigenvalue weighted by Gasteiger charge is 2.10. The first-order valence-corrected chi connectivity index (χ1v) is 9.18. The second-order valence-corrected chi connectivity index (χ2v) is 7.46. The van der Waals surface area contributed by atoms with Crippen LogP contribution >= 0.6 is 24.0 Å². The fourth-order valence-corrected chi connectivity index (χ4v) is 2.70. The Labute approximate surface area is 156 Å². The second kappa shape index (κ2) is 10.7. The van der Waals surface area contributed by atoms with Crippen molar-refractivity contribution in [1.29, 1.82) is 0 Å². The largest absolute Gasteiger partial charge is 0.496 e. The molecule has 0 saturated heterocycles. The Hall–Kier alpha value is -1.03. The van der Waals surface area contributed by atoms with E-state index in [0.717, 1.165) is 11.3 Å². The molecule has 0 aliphatic rings. The third-order valence-corrected chi connectivity index (χ3v) is 4.14. The Morgan fingerprint density at radius 1 is 1.35 bits per heavy atom. The van der Waals surface area contributed by atoms with Crippen LogP contribution in [0, 0.1) is 0 Å². The van der Waals surface area contributed by atoms with Gasteiger partial charge in [0, 0.05) is 31.5 Å². The fraction of sp³-hybridized carbons (Fsp3) is 0.533. The molecule has 0 amide bonds. The molecule has 0 aliphatic heterocycles. The highest BCUT2D eigenvalue weighted by molar-refractivity contribution is 14.0. The molecule has 0 spiro atoms. The van der Waals surface area contributed by atoms with E-state index in [4.69, 9.17) is 4.74 Å². The Morgan fingerprint density at radius 2 is 2.00 bits per heavy atom. The number of sulfone groups is 1. The van der Waals surface area contributed by atoms with Gasteiger partial charge in [-0.05, 0) is 19.4 Å². The maximum atomic E-state index is 11.2. The molecule has 1 unspecified atom stereocenters. The molecule has 6 nitrogen and oxygen atoms in total.